The molecular formula is C14H30N2O. The summed E-state index contributed by atoms with van der Waals surface area (Å²) in [6.45, 7) is 9.69. The minimum absolute atomic E-state index is 0.199. The first kappa shape index (κ1) is 14.9. The summed E-state index contributed by atoms with van der Waals surface area (Å²) in [4.78, 5) is 2.51. The van der Waals surface area contributed by atoms with Crippen LogP contribution in [0.15, 0.2) is 0 Å². The average Bonchev–Trinajstić information content (AvgIpc) is 2.37. The Hall–Kier alpha value is -0.120. The van der Waals surface area contributed by atoms with Gasteiger partial charge in [-0.1, -0.05) is 20.8 Å². The van der Waals surface area contributed by atoms with Crippen molar-refractivity contribution in [3.63, 3.8) is 0 Å². The Morgan fingerprint density at radius 3 is 2.41 bits per heavy atom. The number of aliphatic hydroxyl groups excluding tert-OH is 1. The molecule has 0 radical (unpaired) electrons. The minimum atomic E-state index is 0.199. The summed E-state index contributed by atoms with van der Waals surface area (Å²) in [6.07, 6.45) is 5.02. The molecule has 1 aliphatic rings. The second kappa shape index (κ2) is 6.72. The molecule has 3 N–H and O–H groups in total. The van der Waals surface area contributed by atoms with Gasteiger partial charge in [-0.15, -0.1) is 0 Å². The quantitative estimate of drug-likeness (QED) is 0.747. The van der Waals surface area contributed by atoms with E-state index in [9.17, 15) is 5.11 Å². The fraction of sp³-hybridized carbons (Fsp3) is 1.00. The van der Waals surface area contributed by atoms with Crippen molar-refractivity contribution in [3.05, 3.63) is 0 Å². The molecule has 1 atom stereocenters. The SMILES string of the molecule is CCN(CC(C)CO)C1(CN)CCC(C)CC1. The molecule has 3 nitrogen and oxygen atoms in total. The molecule has 0 amide bonds. The van der Waals surface area contributed by atoms with Crippen molar-refractivity contribution in [2.45, 2.75) is 52.0 Å². The van der Waals surface area contributed by atoms with E-state index >= 15 is 0 Å². The number of rotatable bonds is 6. The van der Waals surface area contributed by atoms with Crippen LogP contribution in [0.4, 0.5) is 0 Å². The highest BCUT2D eigenvalue weighted by Gasteiger charge is 2.37. The Balaban J connectivity index is 2.68. The largest absolute Gasteiger partial charge is 0.396 e. The summed E-state index contributed by atoms with van der Waals surface area (Å²) in [5.41, 5.74) is 6.27. The highest BCUT2D eigenvalue weighted by Crippen LogP contribution is 2.36. The molecule has 1 saturated carbocycles. The topological polar surface area (TPSA) is 49.5 Å². The molecule has 0 saturated heterocycles. The van der Waals surface area contributed by atoms with Crippen molar-refractivity contribution in [2.24, 2.45) is 17.6 Å². The van der Waals surface area contributed by atoms with Crippen LogP contribution in [0.2, 0.25) is 0 Å². The molecule has 0 aromatic carbocycles. The van der Waals surface area contributed by atoms with Crippen LogP contribution in [-0.4, -0.2) is 41.8 Å². The van der Waals surface area contributed by atoms with Gasteiger partial charge in [-0.05, 0) is 44.1 Å². The van der Waals surface area contributed by atoms with Crippen LogP contribution < -0.4 is 5.73 Å². The van der Waals surface area contributed by atoms with Gasteiger partial charge in [0.05, 0.1) is 0 Å². The molecule has 102 valence electrons. The Bertz CT molecular complexity index is 212. The maximum Gasteiger partial charge on any atom is 0.0468 e. The lowest BCUT2D eigenvalue weighted by Gasteiger charge is -2.47. The maximum absolute atomic E-state index is 9.22. The van der Waals surface area contributed by atoms with Crippen LogP contribution in [-0.2, 0) is 0 Å². The lowest BCUT2D eigenvalue weighted by molar-refractivity contribution is 0.0302. The van der Waals surface area contributed by atoms with E-state index in [1.165, 1.54) is 25.7 Å². The number of aliphatic hydroxyl groups is 1. The zero-order valence-corrected chi connectivity index (χ0v) is 11.8. The van der Waals surface area contributed by atoms with Gasteiger partial charge in [0.2, 0.25) is 0 Å². The lowest BCUT2D eigenvalue weighted by Crippen LogP contribution is -2.56. The molecule has 0 aliphatic heterocycles. The summed E-state index contributed by atoms with van der Waals surface area (Å²) in [5, 5.41) is 9.22. The number of likely N-dealkylation sites (N-methyl/N-ethyl adjacent to an activating group) is 1. The monoisotopic (exact) mass is 242 g/mol. The Labute approximate surface area is 106 Å². The molecule has 3 heteroatoms. The molecular weight excluding hydrogens is 212 g/mol. The fourth-order valence-electron chi connectivity index (χ4n) is 3.04. The minimum Gasteiger partial charge on any atom is -0.396 e. The first-order chi connectivity index (χ1) is 8.07. The molecule has 1 rings (SSSR count). The Morgan fingerprint density at radius 1 is 1.41 bits per heavy atom. The smallest absolute Gasteiger partial charge is 0.0468 e. The van der Waals surface area contributed by atoms with Gasteiger partial charge < -0.3 is 10.8 Å². The zero-order valence-electron chi connectivity index (χ0n) is 11.8. The molecule has 0 aromatic rings. The third kappa shape index (κ3) is 3.67. The number of nitrogens with zero attached hydrogens (tertiary/aromatic N) is 1. The normalized spacial score (nSPS) is 31.8. The van der Waals surface area contributed by atoms with Crippen molar-refractivity contribution in [2.75, 3.05) is 26.2 Å². The van der Waals surface area contributed by atoms with E-state index in [0.29, 0.717) is 5.92 Å². The second-order valence-corrected chi connectivity index (χ2v) is 5.94. The average molecular weight is 242 g/mol. The van der Waals surface area contributed by atoms with Crippen molar-refractivity contribution >= 4 is 0 Å². The zero-order chi connectivity index (χ0) is 12.9. The number of nitrogens with two attached hydrogens (primary N) is 1. The van der Waals surface area contributed by atoms with Crippen LogP contribution >= 0.6 is 0 Å². The van der Waals surface area contributed by atoms with Gasteiger partial charge in [0.25, 0.3) is 0 Å². The van der Waals surface area contributed by atoms with E-state index in [4.69, 9.17) is 5.73 Å². The van der Waals surface area contributed by atoms with Crippen molar-refractivity contribution in [3.8, 4) is 0 Å². The first-order valence-electron chi connectivity index (χ1n) is 7.14. The third-order valence-electron chi connectivity index (χ3n) is 4.48. The van der Waals surface area contributed by atoms with Gasteiger partial charge in [-0.3, -0.25) is 4.90 Å². The molecule has 17 heavy (non-hydrogen) atoms. The molecule has 0 bridgehead atoms. The van der Waals surface area contributed by atoms with Crippen molar-refractivity contribution in [1.29, 1.82) is 0 Å². The van der Waals surface area contributed by atoms with E-state index < -0.39 is 0 Å². The van der Waals surface area contributed by atoms with E-state index in [0.717, 1.165) is 25.6 Å². The fourth-order valence-corrected chi connectivity index (χ4v) is 3.04. The second-order valence-electron chi connectivity index (χ2n) is 5.94. The van der Waals surface area contributed by atoms with Crippen LogP contribution in [0.1, 0.15) is 46.5 Å². The first-order valence-corrected chi connectivity index (χ1v) is 7.14. The molecule has 1 fully saturated rings. The Morgan fingerprint density at radius 2 is 2.00 bits per heavy atom. The summed E-state index contributed by atoms with van der Waals surface area (Å²) < 4.78 is 0. The van der Waals surface area contributed by atoms with Crippen LogP contribution in [0.25, 0.3) is 0 Å². The standard InChI is InChI=1S/C14H30N2O/c1-4-16(9-13(3)10-17)14(11-15)7-5-12(2)6-8-14/h12-13,17H,4-11,15H2,1-3H3. The van der Waals surface area contributed by atoms with Gasteiger partial charge in [0.1, 0.15) is 0 Å². The van der Waals surface area contributed by atoms with E-state index in [1.54, 1.807) is 0 Å². The third-order valence-corrected chi connectivity index (χ3v) is 4.48. The molecule has 0 aromatic heterocycles. The number of hydrogen-bond donors (Lipinski definition) is 2. The van der Waals surface area contributed by atoms with Crippen LogP contribution in [0.5, 0.6) is 0 Å². The summed E-state index contributed by atoms with van der Waals surface area (Å²) in [5.74, 6) is 1.20. The van der Waals surface area contributed by atoms with Crippen molar-refractivity contribution in [1.82, 2.24) is 4.90 Å². The Kier molecular flexibility index (Phi) is 5.90. The predicted molar refractivity (Wildman–Crippen MR) is 72.9 cm³/mol. The number of hydrogen-bond acceptors (Lipinski definition) is 3. The van der Waals surface area contributed by atoms with Gasteiger partial charge in [-0.25, -0.2) is 0 Å². The molecule has 0 heterocycles. The van der Waals surface area contributed by atoms with Gasteiger partial charge in [0, 0.05) is 25.2 Å². The molecule has 1 aliphatic carbocycles. The van der Waals surface area contributed by atoms with Gasteiger partial charge >= 0.3 is 0 Å². The maximum atomic E-state index is 9.22. The molecule has 1 unspecified atom stereocenters. The predicted octanol–water partition coefficient (Wildman–Crippen LogP) is 1.84. The lowest BCUT2D eigenvalue weighted by atomic mass is 9.75. The van der Waals surface area contributed by atoms with Crippen molar-refractivity contribution < 1.29 is 5.11 Å². The summed E-state index contributed by atoms with van der Waals surface area (Å²) >= 11 is 0. The van der Waals surface area contributed by atoms with Crippen LogP contribution in [0, 0.1) is 11.8 Å². The summed E-state index contributed by atoms with van der Waals surface area (Å²) in [6, 6.07) is 0. The van der Waals surface area contributed by atoms with E-state index in [2.05, 4.69) is 25.7 Å². The van der Waals surface area contributed by atoms with Gasteiger partial charge in [0.15, 0.2) is 0 Å². The van der Waals surface area contributed by atoms with Gasteiger partial charge in [-0.2, -0.15) is 0 Å². The van der Waals surface area contributed by atoms with Crippen LogP contribution in [0.3, 0.4) is 0 Å². The highest BCUT2D eigenvalue weighted by molar-refractivity contribution is 4.95. The van der Waals surface area contributed by atoms with E-state index in [1.807, 2.05) is 0 Å². The molecule has 0 spiro atoms. The highest BCUT2D eigenvalue weighted by atomic mass is 16.3. The summed E-state index contributed by atoms with van der Waals surface area (Å²) in [7, 11) is 0. The van der Waals surface area contributed by atoms with E-state index in [-0.39, 0.29) is 12.1 Å².